The van der Waals surface area contributed by atoms with E-state index in [2.05, 4.69) is 0 Å². The topological polar surface area (TPSA) is 109 Å². The van der Waals surface area contributed by atoms with E-state index in [0.717, 1.165) is 0 Å². The summed E-state index contributed by atoms with van der Waals surface area (Å²) in [6.07, 6.45) is 0. The van der Waals surface area contributed by atoms with Gasteiger partial charge in [0.25, 0.3) is 0 Å². The molecule has 0 bridgehead atoms. The summed E-state index contributed by atoms with van der Waals surface area (Å²) >= 11 is -1.75. The predicted octanol–water partition coefficient (Wildman–Crippen LogP) is -6.40. The zero-order valence-electron chi connectivity index (χ0n) is 4.61. The van der Waals surface area contributed by atoms with Crippen molar-refractivity contribution in [1.82, 2.24) is 0 Å². The molecule has 0 aromatic carbocycles. The summed E-state index contributed by atoms with van der Waals surface area (Å²) in [5.41, 5.74) is 0. The van der Waals surface area contributed by atoms with Gasteiger partial charge >= 0.3 is 114 Å². The van der Waals surface area contributed by atoms with Gasteiger partial charge in [-0.3, -0.25) is 7.32 Å². The van der Waals surface area contributed by atoms with Gasteiger partial charge in [0.15, 0.2) is 0 Å². The summed E-state index contributed by atoms with van der Waals surface area (Å²) in [4.78, 5) is 0. The fourth-order valence-electron chi connectivity index (χ4n) is 0. The Morgan fingerprint density at radius 2 is 1.11 bits per heavy atom. The molecule has 0 aliphatic rings. The molecule has 40 valence electrons. The molecule has 0 aromatic rings. The third-order valence-electron chi connectivity index (χ3n) is 0. The van der Waals surface area contributed by atoms with E-state index in [9.17, 15) is 0 Å². The summed E-state index contributed by atoms with van der Waals surface area (Å²) in [6.45, 7) is 0. The van der Waals surface area contributed by atoms with Gasteiger partial charge in [-0.2, -0.15) is 0 Å². The van der Waals surface area contributed by atoms with Crippen molar-refractivity contribution in [3.8, 4) is 0 Å². The van der Waals surface area contributed by atoms with Gasteiger partial charge < -0.3 is 15.1 Å². The quantitative estimate of drug-likeness (QED) is 0.413. The summed E-state index contributed by atoms with van der Waals surface area (Å²) in [5.74, 6) is 0. The van der Waals surface area contributed by atoms with Crippen molar-refractivity contribution in [1.29, 1.82) is 0 Å². The summed E-state index contributed by atoms with van der Waals surface area (Å²) in [6, 6.07) is 0. The normalized spacial score (nSPS) is 3.89. The van der Waals surface area contributed by atoms with E-state index in [4.69, 9.17) is 23.0 Å². The third-order valence-corrected chi connectivity index (χ3v) is 0. The van der Waals surface area contributed by atoms with E-state index in [1.54, 1.807) is 0 Å². The molecular formula is AlBO5Sr2. The van der Waals surface area contributed by atoms with Crippen LogP contribution in [0.3, 0.4) is 0 Å². The second-order valence-corrected chi connectivity index (χ2v) is 0.577. The largest absolute Gasteiger partial charge is 2.00 e. The van der Waals surface area contributed by atoms with Gasteiger partial charge in [-0.1, -0.05) is 0 Å². The Morgan fingerprint density at radius 3 is 1.11 bits per heavy atom. The monoisotopic (exact) mass is 294 g/mol. The predicted molar refractivity (Wildman–Crippen MR) is 23.7 cm³/mol. The zero-order chi connectivity index (χ0) is 6.28. The van der Waals surface area contributed by atoms with Gasteiger partial charge in [-0.15, -0.1) is 0 Å². The number of hydrogen-bond donors (Lipinski definition) is 0. The van der Waals surface area contributed by atoms with E-state index >= 15 is 0 Å². The second kappa shape index (κ2) is 22.5. The van der Waals surface area contributed by atoms with Crippen molar-refractivity contribution in [2.24, 2.45) is 0 Å². The van der Waals surface area contributed by atoms with Crippen LogP contribution in [0.25, 0.3) is 0 Å². The maximum Gasteiger partial charge on any atom is 2.00 e. The Kier molecular flexibility index (Phi) is 56.6. The minimum Gasteiger partial charge on any atom is 2.00 e. The molecular weight excluding hydrogens is 293 g/mol. The molecule has 0 N–H and O–H groups in total. The van der Waals surface area contributed by atoms with Crippen LogP contribution in [0.2, 0.25) is 0 Å². The first kappa shape index (κ1) is 22.7. The minimum atomic E-state index is -2.92. The first-order valence-corrected chi connectivity index (χ1v) is 2.12. The second-order valence-electron chi connectivity index (χ2n) is 0.385. The number of hydrogen-bond acceptors (Lipinski definition) is 5. The van der Waals surface area contributed by atoms with Crippen molar-refractivity contribution >= 4 is 114 Å². The number of rotatable bonds is 0. The molecule has 0 heterocycles. The van der Waals surface area contributed by atoms with Crippen LogP contribution in [0, 0.1) is 0 Å². The fourth-order valence-corrected chi connectivity index (χ4v) is 0. The molecule has 9 heavy (non-hydrogen) atoms. The maximum atomic E-state index is 8.46. The SMILES string of the molecule is [O-]B([O-])[O-].[O]=[Al][O-].[Sr+2].[Sr+2]. The Balaban J connectivity index is -0.0000000233. The zero-order valence-corrected chi connectivity index (χ0v) is 12.7. The van der Waals surface area contributed by atoms with Crippen LogP contribution < -0.4 is 19.2 Å². The van der Waals surface area contributed by atoms with E-state index in [0.29, 0.717) is 0 Å². The first-order valence-electron chi connectivity index (χ1n) is 1.18. The van der Waals surface area contributed by atoms with Crippen LogP contribution in [0.1, 0.15) is 0 Å². The third kappa shape index (κ3) is 97.7. The fraction of sp³-hybridized carbons (Fsp3) is 0. The molecule has 0 radical (unpaired) electrons. The smallest absolute Gasteiger partial charge is 2.00 e. The van der Waals surface area contributed by atoms with E-state index in [1.807, 2.05) is 0 Å². The first-order chi connectivity index (χ1) is 3.15. The molecule has 0 atom stereocenters. The van der Waals surface area contributed by atoms with Crippen molar-refractivity contribution in [2.75, 3.05) is 0 Å². The molecule has 0 aliphatic heterocycles. The molecule has 0 fully saturated rings. The van der Waals surface area contributed by atoms with Crippen LogP contribution in [0.15, 0.2) is 0 Å². The molecule has 0 amide bonds. The van der Waals surface area contributed by atoms with E-state index in [1.165, 1.54) is 0 Å². The van der Waals surface area contributed by atoms with Crippen LogP contribution in [0.4, 0.5) is 0 Å². The van der Waals surface area contributed by atoms with Crippen LogP contribution in [-0.4, -0.2) is 114 Å². The summed E-state index contributed by atoms with van der Waals surface area (Å²) in [5, 5.41) is 25.2. The van der Waals surface area contributed by atoms with Crippen molar-refractivity contribution in [3.63, 3.8) is 0 Å². The van der Waals surface area contributed by atoms with Crippen molar-refractivity contribution < 1.29 is 23.0 Å². The van der Waals surface area contributed by atoms with Gasteiger partial charge in [-0.05, 0) is 0 Å². The molecule has 5 nitrogen and oxygen atoms in total. The molecule has 0 spiro atoms. The van der Waals surface area contributed by atoms with E-state index < -0.39 is 22.8 Å². The van der Waals surface area contributed by atoms with Crippen LogP contribution in [-0.2, 0) is 3.80 Å². The Bertz CT molecular complexity index is 39.2. The maximum absolute atomic E-state index is 8.46. The van der Waals surface area contributed by atoms with Crippen molar-refractivity contribution in [2.45, 2.75) is 0 Å². The standard InChI is InChI=1S/Al.BO3.2O.2Sr/c;2-1(3)4;;;;/q;-3;;-1;2*+2. The Morgan fingerprint density at radius 1 is 1.11 bits per heavy atom. The molecule has 9 heteroatoms. The summed E-state index contributed by atoms with van der Waals surface area (Å²) in [7, 11) is -2.92. The van der Waals surface area contributed by atoms with Gasteiger partial charge in [-0.25, -0.2) is 0 Å². The molecule has 0 aromatic heterocycles. The molecule has 0 unspecified atom stereocenters. The summed E-state index contributed by atoms with van der Waals surface area (Å²) < 4.78 is 16.9. The molecule has 0 saturated heterocycles. The Hall–Kier alpha value is 3.04. The van der Waals surface area contributed by atoms with Crippen LogP contribution >= 0.6 is 0 Å². The van der Waals surface area contributed by atoms with Crippen LogP contribution in [0.5, 0.6) is 0 Å². The van der Waals surface area contributed by atoms with Gasteiger partial charge in [0.1, 0.15) is 0 Å². The average molecular weight is 293 g/mol. The average Bonchev–Trinajstić information content (AvgIpc) is 1.33. The van der Waals surface area contributed by atoms with Crippen molar-refractivity contribution in [3.05, 3.63) is 0 Å². The molecule has 0 saturated carbocycles. The molecule has 0 aliphatic carbocycles. The molecule has 0 rings (SSSR count). The van der Waals surface area contributed by atoms with Gasteiger partial charge in [0.05, 0.1) is 0 Å². The minimum absolute atomic E-state index is 0. The van der Waals surface area contributed by atoms with Gasteiger partial charge in [0.2, 0.25) is 0 Å². The van der Waals surface area contributed by atoms with Gasteiger partial charge in [0, 0.05) is 0 Å². The van der Waals surface area contributed by atoms with E-state index in [-0.39, 0.29) is 91.0 Å². The Labute approximate surface area is 133 Å².